The van der Waals surface area contributed by atoms with Crippen molar-refractivity contribution < 1.29 is 14.3 Å². The number of nitrogens with zero attached hydrogens (tertiary/aromatic N) is 3. The third kappa shape index (κ3) is 4.60. The maximum Gasteiger partial charge on any atom is 0.359 e. The topological polar surface area (TPSA) is 83.2 Å². The summed E-state index contributed by atoms with van der Waals surface area (Å²) in [6.07, 6.45) is 2.77. The Hall–Kier alpha value is -3.22. The maximum absolute atomic E-state index is 12.8. The Kier molecular flexibility index (Phi) is 7.05. The lowest BCUT2D eigenvalue weighted by atomic mass is 10.1. The number of aryl methyl sites for hydroxylation is 2. The summed E-state index contributed by atoms with van der Waals surface area (Å²) in [5, 5.41) is 5.13. The Balaban J connectivity index is 1.85. The molecule has 0 bridgehead atoms. The Morgan fingerprint density at radius 2 is 1.77 bits per heavy atom. The van der Waals surface area contributed by atoms with E-state index >= 15 is 0 Å². The van der Waals surface area contributed by atoms with E-state index in [1.807, 2.05) is 31.4 Å². The van der Waals surface area contributed by atoms with Gasteiger partial charge in [-0.2, -0.15) is 5.10 Å². The molecule has 0 aliphatic heterocycles. The van der Waals surface area contributed by atoms with Crippen molar-refractivity contribution in [1.82, 2.24) is 14.3 Å². The van der Waals surface area contributed by atoms with E-state index in [0.717, 1.165) is 37.2 Å². The fourth-order valence-electron chi connectivity index (χ4n) is 3.90. The molecule has 0 radical (unpaired) electrons. The van der Waals surface area contributed by atoms with E-state index in [1.54, 1.807) is 24.3 Å². The van der Waals surface area contributed by atoms with Crippen molar-refractivity contribution in [1.29, 1.82) is 0 Å². The van der Waals surface area contributed by atoms with Crippen LogP contribution in [-0.2, 0) is 17.8 Å². The number of ketones is 1. The quantitative estimate of drug-likeness (QED) is 0.294. The van der Waals surface area contributed by atoms with E-state index in [9.17, 15) is 14.4 Å². The number of fused-ring (bicyclic) bond motifs is 1. The lowest BCUT2D eigenvalue weighted by molar-refractivity contribution is 0.0468. The molecule has 2 aromatic heterocycles. The summed E-state index contributed by atoms with van der Waals surface area (Å²) in [4.78, 5) is 38.3. The van der Waals surface area contributed by atoms with Gasteiger partial charge in [-0.1, -0.05) is 38.0 Å². The van der Waals surface area contributed by atoms with Gasteiger partial charge in [-0.3, -0.25) is 9.59 Å². The third-order valence-corrected chi connectivity index (χ3v) is 5.56. The summed E-state index contributed by atoms with van der Waals surface area (Å²) in [5.41, 5.74) is 2.22. The first-order valence-electron chi connectivity index (χ1n) is 10.8. The highest BCUT2D eigenvalue weighted by atomic mass is 16.5. The average molecular weight is 424 g/mol. The second-order valence-electron chi connectivity index (χ2n) is 7.66. The molecule has 0 aliphatic carbocycles. The molecule has 7 heteroatoms. The number of benzene rings is 1. The van der Waals surface area contributed by atoms with Gasteiger partial charge in [0.25, 0.3) is 5.56 Å². The predicted molar refractivity (Wildman–Crippen MR) is 120 cm³/mol. The molecule has 7 nitrogen and oxygen atoms in total. The average Bonchev–Trinajstić information content (AvgIpc) is 3.06. The lowest BCUT2D eigenvalue weighted by Crippen LogP contribution is -2.27. The number of hydrogen-bond donors (Lipinski definition) is 0. The zero-order valence-corrected chi connectivity index (χ0v) is 18.6. The highest BCUT2D eigenvalue weighted by Gasteiger charge is 2.21. The van der Waals surface area contributed by atoms with E-state index in [2.05, 4.69) is 12.0 Å². The predicted octanol–water partition coefficient (Wildman–Crippen LogP) is 4.06. The number of rotatable bonds is 9. The molecule has 1 aromatic carbocycles. The molecule has 0 amide bonds. The normalized spacial score (nSPS) is 11.1. The van der Waals surface area contributed by atoms with Crippen LogP contribution in [0.25, 0.3) is 10.8 Å². The molecule has 0 atom stereocenters. The molecule has 0 aliphatic rings. The van der Waals surface area contributed by atoms with E-state index in [0.29, 0.717) is 22.9 Å². The summed E-state index contributed by atoms with van der Waals surface area (Å²) in [5.74, 6) is -0.972. The minimum absolute atomic E-state index is 0.0542. The molecule has 0 unspecified atom stereocenters. The van der Waals surface area contributed by atoms with Crippen molar-refractivity contribution in [3.8, 4) is 0 Å². The third-order valence-electron chi connectivity index (χ3n) is 5.56. The van der Waals surface area contributed by atoms with Crippen molar-refractivity contribution in [2.45, 2.75) is 60.0 Å². The van der Waals surface area contributed by atoms with Gasteiger partial charge < -0.3 is 9.30 Å². The molecule has 0 spiro atoms. The Morgan fingerprint density at radius 1 is 1.06 bits per heavy atom. The van der Waals surface area contributed by atoms with Crippen LogP contribution in [0.3, 0.4) is 0 Å². The standard InChI is InChI=1S/C24H29N3O4/c1-5-7-10-13-27-23(29)19-12-9-8-11-18(19)22(25-27)24(30)31-15-21(28)20-14-16(3)26(6-2)17(20)4/h8-9,11-12,14H,5-7,10,13,15H2,1-4H3. The van der Waals surface area contributed by atoms with Crippen molar-refractivity contribution in [3.05, 3.63) is 63.3 Å². The first-order chi connectivity index (χ1) is 14.9. The van der Waals surface area contributed by atoms with Crippen molar-refractivity contribution >= 4 is 22.5 Å². The molecule has 0 fully saturated rings. The molecule has 0 saturated carbocycles. The van der Waals surface area contributed by atoms with Gasteiger partial charge in [0.05, 0.1) is 5.39 Å². The number of carbonyl (C=O) groups is 2. The van der Waals surface area contributed by atoms with Crippen LogP contribution in [0, 0.1) is 13.8 Å². The maximum atomic E-state index is 12.8. The minimum atomic E-state index is -0.710. The molecule has 31 heavy (non-hydrogen) atoms. The smallest absolute Gasteiger partial charge is 0.359 e. The number of aromatic nitrogens is 3. The zero-order chi connectivity index (χ0) is 22.5. The van der Waals surface area contributed by atoms with Crippen molar-refractivity contribution in [2.24, 2.45) is 0 Å². The summed E-state index contributed by atoms with van der Waals surface area (Å²) in [7, 11) is 0. The summed E-state index contributed by atoms with van der Waals surface area (Å²) in [6.45, 7) is 8.73. The van der Waals surface area contributed by atoms with Crippen LogP contribution in [0.5, 0.6) is 0 Å². The van der Waals surface area contributed by atoms with Crippen LogP contribution in [-0.4, -0.2) is 32.7 Å². The van der Waals surface area contributed by atoms with Gasteiger partial charge in [-0.25, -0.2) is 9.48 Å². The van der Waals surface area contributed by atoms with Gasteiger partial charge in [0.2, 0.25) is 5.78 Å². The first-order valence-corrected chi connectivity index (χ1v) is 10.8. The van der Waals surface area contributed by atoms with E-state index in [-0.39, 0.29) is 23.6 Å². The number of unbranched alkanes of at least 4 members (excludes halogenated alkanes) is 2. The van der Waals surface area contributed by atoms with Gasteiger partial charge in [0.15, 0.2) is 12.3 Å². The number of hydrogen-bond acceptors (Lipinski definition) is 5. The molecule has 0 saturated heterocycles. The van der Waals surface area contributed by atoms with Crippen LogP contribution in [0.2, 0.25) is 0 Å². The van der Waals surface area contributed by atoms with Gasteiger partial charge in [-0.15, -0.1) is 0 Å². The Labute approximate surface area is 181 Å². The SMILES string of the molecule is CCCCCn1nc(C(=O)OCC(=O)c2cc(C)n(CC)c2C)c2ccccc2c1=O. The van der Waals surface area contributed by atoms with Crippen molar-refractivity contribution in [3.63, 3.8) is 0 Å². The summed E-state index contributed by atoms with van der Waals surface area (Å²) < 4.78 is 8.70. The van der Waals surface area contributed by atoms with Gasteiger partial charge in [-0.05, 0) is 39.3 Å². The van der Waals surface area contributed by atoms with E-state index in [4.69, 9.17) is 4.74 Å². The zero-order valence-electron chi connectivity index (χ0n) is 18.6. The number of Topliss-reactive ketones (excluding diaryl/α,β-unsaturated/α-hetero) is 1. The van der Waals surface area contributed by atoms with E-state index < -0.39 is 5.97 Å². The molecular weight excluding hydrogens is 394 g/mol. The fourth-order valence-corrected chi connectivity index (χ4v) is 3.90. The van der Waals surface area contributed by atoms with Gasteiger partial charge in [0, 0.05) is 35.4 Å². The van der Waals surface area contributed by atoms with E-state index in [1.165, 1.54) is 4.68 Å². The monoisotopic (exact) mass is 423 g/mol. The molecule has 164 valence electrons. The van der Waals surface area contributed by atoms with Crippen LogP contribution in [0.4, 0.5) is 0 Å². The van der Waals surface area contributed by atoms with Crippen molar-refractivity contribution in [2.75, 3.05) is 6.61 Å². The molecule has 2 heterocycles. The van der Waals surface area contributed by atoms with Gasteiger partial charge >= 0.3 is 5.97 Å². The van der Waals surface area contributed by atoms with Crippen LogP contribution in [0.15, 0.2) is 35.1 Å². The highest BCUT2D eigenvalue weighted by Crippen LogP contribution is 2.17. The number of carbonyl (C=O) groups excluding carboxylic acids is 2. The Morgan fingerprint density at radius 3 is 2.42 bits per heavy atom. The first kappa shape index (κ1) is 22.5. The second kappa shape index (κ2) is 9.73. The minimum Gasteiger partial charge on any atom is -0.452 e. The number of esters is 1. The molecule has 3 aromatic rings. The second-order valence-corrected chi connectivity index (χ2v) is 7.66. The molecule has 0 N–H and O–H groups in total. The molecular formula is C24H29N3O4. The lowest BCUT2D eigenvalue weighted by Gasteiger charge is -2.11. The Bertz CT molecular complexity index is 1170. The highest BCUT2D eigenvalue weighted by molar-refractivity contribution is 6.04. The summed E-state index contributed by atoms with van der Waals surface area (Å²) in [6, 6.07) is 8.66. The van der Waals surface area contributed by atoms with Crippen LogP contribution < -0.4 is 5.56 Å². The van der Waals surface area contributed by atoms with Crippen LogP contribution >= 0.6 is 0 Å². The molecule has 3 rings (SSSR count). The number of ether oxygens (including phenoxy) is 1. The summed E-state index contributed by atoms with van der Waals surface area (Å²) >= 11 is 0. The van der Waals surface area contributed by atoms with Crippen LogP contribution in [0.1, 0.15) is 65.3 Å². The van der Waals surface area contributed by atoms with Gasteiger partial charge in [0.1, 0.15) is 0 Å². The largest absolute Gasteiger partial charge is 0.452 e. The fraction of sp³-hybridized carbons (Fsp3) is 0.417.